The topological polar surface area (TPSA) is 46.7 Å². The SMILES string of the molecule is O=C(NC[C@@H](c1ccco1)[NH+]1CCc2ccccc2C1)c1cc(Cl)ccc1Cl. The summed E-state index contributed by atoms with van der Waals surface area (Å²) in [6.45, 7) is 2.33. The number of halogens is 2. The van der Waals surface area contributed by atoms with Gasteiger partial charge in [-0.25, -0.2) is 0 Å². The Morgan fingerprint density at radius 1 is 1.11 bits per heavy atom. The molecule has 4 nitrogen and oxygen atoms in total. The molecule has 2 N–H and O–H groups in total. The van der Waals surface area contributed by atoms with Crippen LogP contribution in [0.3, 0.4) is 0 Å². The first-order valence-corrected chi connectivity index (χ1v) is 10.1. The number of hydrogen-bond donors (Lipinski definition) is 2. The molecule has 28 heavy (non-hydrogen) atoms. The Kier molecular flexibility index (Phi) is 5.72. The summed E-state index contributed by atoms with van der Waals surface area (Å²) in [5, 5.41) is 3.88. The number of amides is 1. The van der Waals surface area contributed by atoms with E-state index in [0.29, 0.717) is 22.2 Å². The fourth-order valence-corrected chi connectivity index (χ4v) is 4.17. The van der Waals surface area contributed by atoms with Gasteiger partial charge in [0.25, 0.3) is 5.91 Å². The molecule has 0 radical (unpaired) electrons. The van der Waals surface area contributed by atoms with Crippen LogP contribution in [0.1, 0.15) is 33.3 Å². The number of carbonyl (C=O) groups is 1. The van der Waals surface area contributed by atoms with Crippen LogP contribution >= 0.6 is 23.2 Å². The molecule has 0 bridgehead atoms. The minimum absolute atomic E-state index is 0.0188. The van der Waals surface area contributed by atoms with E-state index in [1.807, 2.05) is 12.1 Å². The van der Waals surface area contributed by atoms with Crippen molar-refractivity contribution >= 4 is 29.1 Å². The molecule has 0 spiro atoms. The summed E-state index contributed by atoms with van der Waals surface area (Å²) in [6.07, 6.45) is 2.69. The first-order chi connectivity index (χ1) is 13.6. The lowest BCUT2D eigenvalue weighted by Crippen LogP contribution is -3.12. The van der Waals surface area contributed by atoms with Gasteiger partial charge in [0, 0.05) is 17.0 Å². The molecule has 2 atom stereocenters. The molecule has 6 heteroatoms. The van der Waals surface area contributed by atoms with Crippen molar-refractivity contribution < 1.29 is 14.1 Å². The highest BCUT2D eigenvalue weighted by molar-refractivity contribution is 6.35. The zero-order chi connectivity index (χ0) is 19.5. The van der Waals surface area contributed by atoms with E-state index in [9.17, 15) is 4.79 Å². The smallest absolute Gasteiger partial charge is 0.253 e. The average molecular weight is 416 g/mol. The van der Waals surface area contributed by atoms with Crippen molar-refractivity contribution in [3.05, 3.63) is 93.4 Å². The number of furan rings is 1. The van der Waals surface area contributed by atoms with E-state index >= 15 is 0 Å². The van der Waals surface area contributed by atoms with Crippen LogP contribution in [0.25, 0.3) is 0 Å². The molecular formula is C22H21Cl2N2O2+. The van der Waals surface area contributed by atoms with Crippen LogP contribution in [0.15, 0.2) is 65.3 Å². The van der Waals surface area contributed by atoms with Crippen molar-refractivity contribution in [3.8, 4) is 0 Å². The fraction of sp³-hybridized carbons (Fsp3) is 0.227. The molecular weight excluding hydrogens is 395 g/mol. The van der Waals surface area contributed by atoms with Gasteiger partial charge >= 0.3 is 0 Å². The van der Waals surface area contributed by atoms with E-state index in [1.165, 1.54) is 16.0 Å². The third kappa shape index (κ3) is 4.09. The molecule has 0 saturated carbocycles. The molecule has 144 valence electrons. The molecule has 2 heterocycles. The van der Waals surface area contributed by atoms with E-state index in [1.54, 1.807) is 24.5 Å². The second kappa shape index (κ2) is 8.39. The van der Waals surface area contributed by atoms with Gasteiger partial charge in [0.05, 0.1) is 29.9 Å². The van der Waals surface area contributed by atoms with E-state index in [-0.39, 0.29) is 11.9 Å². The number of hydrogen-bond acceptors (Lipinski definition) is 2. The van der Waals surface area contributed by atoms with E-state index in [0.717, 1.165) is 25.3 Å². The normalized spacial score (nSPS) is 17.0. The largest absolute Gasteiger partial charge is 0.463 e. The first kappa shape index (κ1) is 19.1. The van der Waals surface area contributed by atoms with Gasteiger partial charge in [-0.05, 0) is 35.9 Å². The molecule has 4 rings (SSSR count). The van der Waals surface area contributed by atoms with Crippen LogP contribution in [-0.4, -0.2) is 19.0 Å². The van der Waals surface area contributed by atoms with Gasteiger partial charge in [-0.3, -0.25) is 4.79 Å². The molecule has 2 aromatic carbocycles. The Hall–Kier alpha value is -2.27. The molecule has 3 aromatic rings. The number of carbonyl (C=O) groups excluding carboxylic acids is 1. The Morgan fingerprint density at radius 2 is 1.93 bits per heavy atom. The summed E-state index contributed by atoms with van der Waals surface area (Å²) >= 11 is 12.2. The van der Waals surface area contributed by atoms with Crippen LogP contribution < -0.4 is 10.2 Å². The monoisotopic (exact) mass is 415 g/mol. The minimum Gasteiger partial charge on any atom is -0.463 e. The maximum Gasteiger partial charge on any atom is 0.253 e. The number of fused-ring (bicyclic) bond motifs is 1. The zero-order valence-electron chi connectivity index (χ0n) is 15.3. The number of benzene rings is 2. The zero-order valence-corrected chi connectivity index (χ0v) is 16.8. The summed E-state index contributed by atoms with van der Waals surface area (Å²) in [5.41, 5.74) is 3.13. The van der Waals surface area contributed by atoms with Crippen molar-refractivity contribution in [2.24, 2.45) is 0 Å². The third-order valence-corrected chi connectivity index (χ3v) is 5.84. The summed E-state index contributed by atoms with van der Waals surface area (Å²) < 4.78 is 5.70. The van der Waals surface area contributed by atoms with E-state index < -0.39 is 0 Å². The van der Waals surface area contributed by atoms with Crippen LogP contribution in [0.5, 0.6) is 0 Å². The van der Waals surface area contributed by atoms with Crippen LogP contribution in [0.4, 0.5) is 0 Å². The fourth-order valence-electron chi connectivity index (χ4n) is 3.80. The van der Waals surface area contributed by atoms with Gasteiger partial charge in [0.15, 0.2) is 11.8 Å². The van der Waals surface area contributed by atoms with Crippen molar-refractivity contribution in [1.29, 1.82) is 0 Å². The predicted molar refractivity (Wildman–Crippen MR) is 110 cm³/mol. The number of quaternary nitrogens is 1. The highest BCUT2D eigenvalue weighted by Crippen LogP contribution is 2.21. The average Bonchev–Trinajstić information content (AvgIpc) is 3.24. The van der Waals surface area contributed by atoms with Gasteiger partial charge in [-0.1, -0.05) is 47.5 Å². The van der Waals surface area contributed by atoms with Gasteiger partial charge in [-0.2, -0.15) is 0 Å². The van der Waals surface area contributed by atoms with Gasteiger partial charge in [0.1, 0.15) is 6.54 Å². The standard InChI is InChI=1S/C22H20Cl2N2O2/c23-17-7-8-19(24)18(12-17)22(27)25-13-20(21-6-3-11-28-21)26-10-9-15-4-1-2-5-16(15)14-26/h1-8,11-12,20H,9-10,13-14H2,(H,25,27)/p+1/t20-/m0/s1. The lowest BCUT2D eigenvalue weighted by molar-refractivity contribution is -0.946. The maximum atomic E-state index is 12.7. The molecule has 0 aliphatic carbocycles. The predicted octanol–water partition coefficient (Wildman–Crippen LogP) is 3.70. The Morgan fingerprint density at radius 3 is 2.71 bits per heavy atom. The maximum absolute atomic E-state index is 12.7. The second-order valence-electron chi connectivity index (χ2n) is 7.01. The van der Waals surface area contributed by atoms with Crippen LogP contribution in [0.2, 0.25) is 10.0 Å². The Labute approximate surface area is 174 Å². The van der Waals surface area contributed by atoms with Gasteiger partial charge in [-0.15, -0.1) is 0 Å². The highest BCUT2D eigenvalue weighted by atomic mass is 35.5. The van der Waals surface area contributed by atoms with Crippen LogP contribution in [0, 0.1) is 0 Å². The van der Waals surface area contributed by atoms with Crippen LogP contribution in [-0.2, 0) is 13.0 Å². The van der Waals surface area contributed by atoms with E-state index in [4.69, 9.17) is 27.6 Å². The molecule has 0 saturated heterocycles. The summed E-state index contributed by atoms with van der Waals surface area (Å²) in [7, 11) is 0. The second-order valence-corrected chi connectivity index (χ2v) is 7.85. The van der Waals surface area contributed by atoms with Crippen molar-refractivity contribution in [3.63, 3.8) is 0 Å². The quantitative estimate of drug-likeness (QED) is 0.667. The molecule has 0 fully saturated rings. The van der Waals surface area contributed by atoms with Crippen molar-refractivity contribution in [1.82, 2.24) is 5.32 Å². The summed E-state index contributed by atoms with van der Waals surface area (Å²) in [6, 6.07) is 17.3. The summed E-state index contributed by atoms with van der Waals surface area (Å²) in [4.78, 5) is 14.0. The van der Waals surface area contributed by atoms with Crippen molar-refractivity contribution in [2.45, 2.75) is 19.0 Å². The molecule has 1 aliphatic rings. The third-order valence-electron chi connectivity index (χ3n) is 5.27. The Balaban J connectivity index is 1.52. The van der Waals surface area contributed by atoms with Gasteiger partial charge < -0.3 is 14.6 Å². The lowest BCUT2D eigenvalue weighted by atomic mass is 9.98. The number of nitrogens with one attached hydrogen (secondary N) is 2. The molecule has 1 aromatic heterocycles. The highest BCUT2D eigenvalue weighted by Gasteiger charge is 2.30. The Bertz CT molecular complexity index is 972. The van der Waals surface area contributed by atoms with Gasteiger partial charge in [0.2, 0.25) is 0 Å². The molecule has 1 aliphatic heterocycles. The number of rotatable bonds is 5. The molecule has 1 unspecified atom stereocenters. The minimum atomic E-state index is -0.235. The first-order valence-electron chi connectivity index (χ1n) is 9.30. The lowest BCUT2D eigenvalue weighted by Gasteiger charge is -2.31. The van der Waals surface area contributed by atoms with E-state index in [2.05, 4.69) is 29.6 Å². The summed E-state index contributed by atoms with van der Waals surface area (Å²) in [5.74, 6) is 0.632. The van der Waals surface area contributed by atoms with Crippen molar-refractivity contribution in [2.75, 3.05) is 13.1 Å². The molecule has 1 amide bonds.